The molecule has 184 valence electrons. The zero-order valence-electron chi connectivity index (χ0n) is 19.2. The van der Waals surface area contributed by atoms with Crippen LogP contribution >= 0.6 is 0 Å². The summed E-state index contributed by atoms with van der Waals surface area (Å²) in [6.07, 6.45) is 0. The molecule has 1 fully saturated rings. The van der Waals surface area contributed by atoms with E-state index in [0.29, 0.717) is 13.2 Å². The molecule has 1 aliphatic rings. The van der Waals surface area contributed by atoms with Crippen LogP contribution in [0.3, 0.4) is 0 Å². The van der Waals surface area contributed by atoms with Gasteiger partial charge in [0.15, 0.2) is 11.5 Å². The number of aliphatic carboxylic acids is 2. The molecule has 0 aliphatic carbocycles. The highest BCUT2D eigenvalue weighted by Gasteiger charge is 2.21. The second-order valence-electron chi connectivity index (χ2n) is 7.47. The summed E-state index contributed by atoms with van der Waals surface area (Å²) in [5.74, 6) is -2.12. The largest absolute Gasteiger partial charge is 0.493 e. The highest BCUT2D eigenvalue weighted by molar-refractivity contribution is 6.27. The van der Waals surface area contributed by atoms with Gasteiger partial charge in [0.1, 0.15) is 0 Å². The molecular weight excluding hydrogens is 446 g/mol. The third-order valence-corrected chi connectivity index (χ3v) is 5.16. The van der Waals surface area contributed by atoms with E-state index in [1.807, 2.05) is 31.2 Å². The van der Waals surface area contributed by atoms with Gasteiger partial charge < -0.3 is 19.7 Å². The van der Waals surface area contributed by atoms with E-state index in [0.717, 1.165) is 49.8 Å². The highest BCUT2D eigenvalue weighted by Crippen LogP contribution is 2.29. The molecule has 11 heteroatoms. The molecule has 3 rings (SSSR count). The molecule has 0 saturated carbocycles. The van der Waals surface area contributed by atoms with Crippen molar-refractivity contribution in [3.05, 3.63) is 63.7 Å². The number of hydrogen-bond acceptors (Lipinski definition) is 8. The second kappa shape index (κ2) is 13.1. The molecule has 1 aliphatic heterocycles. The number of nitro benzene ring substituents is 1. The quantitative estimate of drug-likeness (QED) is 0.332. The second-order valence-corrected chi connectivity index (χ2v) is 7.47. The third-order valence-electron chi connectivity index (χ3n) is 5.16. The molecule has 34 heavy (non-hydrogen) atoms. The summed E-state index contributed by atoms with van der Waals surface area (Å²) in [6, 6.07) is 13.1. The number of ether oxygens (including phenoxy) is 2. The van der Waals surface area contributed by atoms with Crippen LogP contribution in [0.15, 0.2) is 42.5 Å². The van der Waals surface area contributed by atoms with Crippen molar-refractivity contribution in [2.24, 2.45) is 0 Å². The summed E-state index contributed by atoms with van der Waals surface area (Å²) < 4.78 is 11.0. The maximum Gasteiger partial charge on any atom is 0.414 e. The highest BCUT2D eigenvalue weighted by atomic mass is 16.6. The lowest BCUT2D eigenvalue weighted by Crippen LogP contribution is -2.45. The Morgan fingerprint density at radius 1 is 0.971 bits per heavy atom. The van der Waals surface area contributed by atoms with Gasteiger partial charge in [0.25, 0.3) is 5.69 Å². The van der Waals surface area contributed by atoms with Crippen LogP contribution in [0, 0.1) is 10.1 Å². The Morgan fingerprint density at radius 2 is 1.56 bits per heavy atom. The molecule has 11 nitrogen and oxygen atoms in total. The fraction of sp³-hybridized carbons (Fsp3) is 0.391. The van der Waals surface area contributed by atoms with Crippen molar-refractivity contribution in [1.82, 2.24) is 9.80 Å². The number of carboxylic acids is 2. The van der Waals surface area contributed by atoms with E-state index in [4.69, 9.17) is 29.3 Å². The minimum atomic E-state index is -1.82. The minimum Gasteiger partial charge on any atom is -0.493 e. The Kier molecular flexibility index (Phi) is 10.2. The van der Waals surface area contributed by atoms with E-state index in [-0.39, 0.29) is 10.6 Å². The van der Waals surface area contributed by atoms with Gasteiger partial charge in [-0.2, -0.15) is 0 Å². The fourth-order valence-corrected chi connectivity index (χ4v) is 3.52. The number of carboxylic acid groups (broad SMARTS) is 2. The Balaban J connectivity index is 0.000000604. The Morgan fingerprint density at radius 3 is 2.09 bits per heavy atom. The topological polar surface area (TPSA) is 143 Å². The zero-order valence-corrected chi connectivity index (χ0v) is 19.2. The van der Waals surface area contributed by atoms with Crippen molar-refractivity contribution in [2.45, 2.75) is 20.0 Å². The smallest absolute Gasteiger partial charge is 0.414 e. The van der Waals surface area contributed by atoms with Gasteiger partial charge in [-0.1, -0.05) is 24.3 Å². The molecule has 2 aromatic rings. The van der Waals surface area contributed by atoms with Crippen molar-refractivity contribution in [1.29, 1.82) is 0 Å². The van der Waals surface area contributed by atoms with Crippen LogP contribution in [0.5, 0.6) is 11.5 Å². The van der Waals surface area contributed by atoms with Crippen LogP contribution in [0.2, 0.25) is 0 Å². The standard InChI is InChI=1S/C21H27N3O4.C2H2O4/c1-3-28-21-14-17(8-9-20(21)27-2)15-22-10-12-23(13-11-22)16-18-6-4-5-7-19(18)24(25)26;3-1(4)2(5)6/h4-9,14H,3,10-13,15-16H2,1-2H3;(H,3,4)(H,5,6). The normalized spacial score (nSPS) is 13.9. The number of hydrogen-bond donors (Lipinski definition) is 2. The van der Waals surface area contributed by atoms with Crippen molar-refractivity contribution in [3.8, 4) is 11.5 Å². The van der Waals surface area contributed by atoms with E-state index in [9.17, 15) is 10.1 Å². The number of methoxy groups -OCH3 is 1. The number of rotatable bonds is 8. The summed E-state index contributed by atoms with van der Waals surface area (Å²) in [5.41, 5.74) is 2.17. The monoisotopic (exact) mass is 475 g/mol. The van der Waals surface area contributed by atoms with Crippen LogP contribution < -0.4 is 9.47 Å². The molecule has 0 radical (unpaired) electrons. The number of carbonyl (C=O) groups is 2. The van der Waals surface area contributed by atoms with Crippen molar-refractivity contribution in [2.75, 3.05) is 39.9 Å². The lowest BCUT2D eigenvalue weighted by atomic mass is 10.1. The predicted octanol–water partition coefficient (Wildman–Crippen LogP) is 2.48. The molecular formula is C23H29N3O8. The molecule has 1 heterocycles. The summed E-state index contributed by atoms with van der Waals surface area (Å²) in [4.78, 5) is 33.8. The van der Waals surface area contributed by atoms with E-state index < -0.39 is 11.9 Å². The fourth-order valence-electron chi connectivity index (χ4n) is 3.52. The minimum absolute atomic E-state index is 0.201. The van der Waals surface area contributed by atoms with E-state index in [1.54, 1.807) is 19.2 Å². The van der Waals surface area contributed by atoms with E-state index in [1.165, 1.54) is 5.56 Å². The summed E-state index contributed by atoms with van der Waals surface area (Å²) >= 11 is 0. The van der Waals surface area contributed by atoms with Crippen molar-refractivity contribution < 1.29 is 34.2 Å². The molecule has 0 bridgehead atoms. The average Bonchev–Trinajstić information content (AvgIpc) is 2.81. The summed E-state index contributed by atoms with van der Waals surface area (Å²) in [5, 5.41) is 26.0. The molecule has 0 spiro atoms. The van der Waals surface area contributed by atoms with Crippen LogP contribution in [0.1, 0.15) is 18.1 Å². The summed E-state index contributed by atoms with van der Waals surface area (Å²) in [7, 11) is 1.65. The maximum atomic E-state index is 11.2. The van der Waals surface area contributed by atoms with Gasteiger partial charge in [-0.3, -0.25) is 19.9 Å². The third kappa shape index (κ3) is 8.01. The number of para-hydroxylation sites is 1. The van der Waals surface area contributed by atoms with Crippen LogP contribution in [-0.2, 0) is 22.7 Å². The first-order valence-corrected chi connectivity index (χ1v) is 10.7. The van der Waals surface area contributed by atoms with Gasteiger partial charge in [0, 0.05) is 50.9 Å². The predicted molar refractivity (Wildman–Crippen MR) is 123 cm³/mol. The van der Waals surface area contributed by atoms with Crippen LogP contribution in [-0.4, -0.2) is 76.8 Å². The van der Waals surface area contributed by atoms with Gasteiger partial charge in [-0.15, -0.1) is 0 Å². The molecule has 2 N–H and O–H groups in total. The first-order valence-electron chi connectivity index (χ1n) is 10.7. The van der Waals surface area contributed by atoms with Crippen molar-refractivity contribution in [3.63, 3.8) is 0 Å². The molecule has 2 aromatic carbocycles. The van der Waals surface area contributed by atoms with Gasteiger partial charge in [-0.05, 0) is 24.6 Å². The van der Waals surface area contributed by atoms with E-state index >= 15 is 0 Å². The van der Waals surface area contributed by atoms with Gasteiger partial charge in [-0.25, -0.2) is 9.59 Å². The Labute approximate surface area is 197 Å². The van der Waals surface area contributed by atoms with Gasteiger partial charge in [0.05, 0.1) is 18.6 Å². The molecule has 0 aromatic heterocycles. The SMILES string of the molecule is CCOc1cc(CN2CCN(Cc3ccccc3[N+](=O)[O-])CC2)ccc1OC.O=C(O)C(=O)O. The Hall–Kier alpha value is -3.70. The molecule has 0 atom stereocenters. The lowest BCUT2D eigenvalue weighted by Gasteiger charge is -2.34. The van der Waals surface area contributed by atoms with Crippen LogP contribution in [0.4, 0.5) is 5.69 Å². The first-order chi connectivity index (χ1) is 16.2. The Bertz CT molecular complexity index is 978. The number of piperazine rings is 1. The van der Waals surface area contributed by atoms with Gasteiger partial charge in [0.2, 0.25) is 0 Å². The molecule has 0 unspecified atom stereocenters. The average molecular weight is 475 g/mol. The first kappa shape index (κ1) is 26.6. The maximum absolute atomic E-state index is 11.2. The number of nitrogens with zero attached hydrogens (tertiary/aromatic N) is 3. The van der Waals surface area contributed by atoms with Crippen molar-refractivity contribution >= 4 is 17.6 Å². The van der Waals surface area contributed by atoms with E-state index in [2.05, 4.69) is 15.9 Å². The van der Waals surface area contributed by atoms with Gasteiger partial charge >= 0.3 is 11.9 Å². The number of nitro groups is 1. The number of benzene rings is 2. The lowest BCUT2D eigenvalue weighted by molar-refractivity contribution is -0.385. The van der Waals surface area contributed by atoms with Crippen LogP contribution in [0.25, 0.3) is 0 Å². The molecule has 1 saturated heterocycles. The zero-order chi connectivity index (χ0) is 25.1. The summed E-state index contributed by atoms with van der Waals surface area (Å²) in [6.45, 7) is 7.66. The molecule has 0 amide bonds.